The highest BCUT2D eigenvalue weighted by molar-refractivity contribution is 4.92. The van der Waals surface area contributed by atoms with Crippen LogP contribution in [0.1, 0.15) is 174 Å². The Kier molecular flexibility index (Phi) is 27.3. The highest BCUT2D eigenvalue weighted by Crippen LogP contribution is 2.16. The van der Waals surface area contributed by atoms with E-state index in [1.807, 2.05) is 0 Å². The standard InChI is InChI=1S/C35H66O3/c1-2-3-4-5-6-7-8-9-10-11-12-13-15-18-21-24-29-34(36)30-25-22-19-16-14-17-20-23-27-32-37-35-31-26-28-33-38-35/h6-7,9-10,34-36H,2-5,8,11-33H2,1H3/b7-6-,10-9-. The van der Waals surface area contributed by atoms with Crippen molar-refractivity contribution in [2.75, 3.05) is 13.2 Å². The molecule has 1 saturated heterocycles. The molecule has 1 aliphatic rings. The summed E-state index contributed by atoms with van der Waals surface area (Å²) in [7, 11) is 0. The highest BCUT2D eigenvalue weighted by Gasteiger charge is 2.13. The molecule has 1 N–H and O–H groups in total. The summed E-state index contributed by atoms with van der Waals surface area (Å²) < 4.78 is 11.4. The van der Waals surface area contributed by atoms with Crippen LogP contribution in [0.2, 0.25) is 0 Å². The lowest BCUT2D eigenvalue weighted by atomic mass is 10.0. The van der Waals surface area contributed by atoms with E-state index in [2.05, 4.69) is 31.2 Å². The molecule has 0 aromatic rings. The Bertz CT molecular complexity index is 509. The van der Waals surface area contributed by atoms with Crippen LogP contribution in [-0.2, 0) is 9.47 Å². The fraction of sp³-hybridized carbons (Fsp3) is 0.886. The van der Waals surface area contributed by atoms with Gasteiger partial charge < -0.3 is 14.6 Å². The number of hydrogen-bond acceptors (Lipinski definition) is 3. The first-order valence-corrected chi connectivity index (χ1v) is 17.0. The maximum atomic E-state index is 10.3. The number of hydrogen-bond donors (Lipinski definition) is 1. The van der Waals surface area contributed by atoms with E-state index in [4.69, 9.17) is 9.47 Å². The molecule has 38 heavy (non-hydrogen) atoms. The van der Waals surface area contributed by atoms with Crippen LogP contribution >= 0.6 is 0 Å². The molecule has 0 saturated carbocycles. The van der Waals surface area contributed by atoms with Gasteiger partial charge in [0.2, 0.25) is 0 Å². The first kappa shape index (κ1) is 35.4. The molecule has 0 bridgehead atoms. The van der Waals surface area contributed by atoms with Crippen molar-refractivity contribution in [2.45, 2.75) is 186 Å². The summed E-state index contributed by atoms with van der Waals surface area (Å²) in [6.07, 6.45) is 42.0. The Labute approximate surface area is 238 Å². The van der Waals surface area contributed by atoms with Gasteiger partial charge in [-0.3, -0.25) is 0 Å². The third-order valence-corrected chi connectivity index (χ3v) is 7.86. The van der Waals surface area contributed by atoms with Gasteiger partial charge in [-0.05, 0) is 70.6 Å². The van der Waals surface area contributed by atoms with Crippen LogP contribution in [0.4, 0.5) is 0 Å². The molecule has 2 unspecified atom stereocenters. The smallest absolute Gasteiger partial charge is 0.157 e. The van der Waals surface area contributed by atoms with Crippen molar-refractivity contribution < 1.29 is 14.6 Å². The number of rotatable bonds is 28. The van der Waals surface area contributed by atoms with Crippen molar-refractivity contribution in [3.8, 4) is 0 Å². The second-order valence-corrected chi connectivity index (χ2v) is 11.7. The lowest BCUT2D eigenvalue weighted by molar-refractivity contribution is -0.162. The lowest BCUT2D eigenvalue weighted by Crippen LogP contribution is -2.22. The molecule has 3 nitrogen and oxygen atoms in total. The highest BCUT2D eigenvalue weighted by atomic mass is 16.7. The Morgan fingerprint density at radius 2 is 1.18 bits per heavy atom. The van der Waals surface area contributed by atoms with Crippen molar-refractivity contribution in [3.63, 3.8) is 0 Å². The minimum absolute atomic E-state index is 0.0675. The van der Waals surface area contributed by atoms with Crippen molar-refractivity contribution >= 4 is 0 Å². The van der Waals surface area contributed by atoms with Crippen LogP contribution in [-0.4, -0.2) is 30.7 Å². The lowest BCUT2D eigenvalue weighted by Gasteiger charge is -2.22. The molecular weight excluding hydrogens is 468 g/mol. The monoisotopic (exact) mass is 535 g/mol. The molecule has 1 rings (SSSR count). The average Bonchev–Trinajstić information content (AvgIpc) is 2.94. The Hall–Kier alpha value is -0.640. The molecule has 0 aromatic carbocycles. The zero-order valence-electron chi connectivity index (χ0n) is 25.5. The summed E-state index contributed by atoms with van der Waals surface area (Å²) >= 11 is 0. The first-order chi connectivity index (χ1) is 18.8. The Balaban J connectivity index is 1.71. The maximum Gasteiger partial charge on any atom is 0.157 e. The second-order valence-electron chi connectivity index (χ2n) is 11.7. The summed E-state index contributed by atoms with van der Waals surface area (Å²) in [5, 5.41) is 10.3. The average molecular weight is 535 g/mol. The van der Waals surface area contributed by atoms with Gasteiger partial charge >= 0.3 is 0 Å². The van der Waals surface area contributed by atoms with E-state index in [9.17, 15) is 5.11 Å². The van der Waals surface area contributed by atoms with E-state index in [1.165, 1.54) is 141 Å². The molecular formula is C35H66O3. The van der Waals surface area contributed by atoms with E-state index in [0.717, 1.165) is 38.9 Å². The normalized spacial score (nSPS) is 17.2. The summed E-state index contributed by atoms with van der Waals surface area (Å²) in [5.41, 5.74) is 0. The van der Waals surface area contributed by atoms with Crippen LogP contribution < -0.4 is 0 Å². The minimum atomic E-state index is -0.0675. The molecule has 1 aliphatic heterocycles. The third kappa shape index (κ3) is 25.6. The molecule has 3 heteroatoms. The van der Waals surface area contributed by atoms with Crippen molar-refractivity contribution in [2.24, 2.45) is 0 Å². The number of aliphatic hydroxyl groups excluding tert-OH is 1. The van der Waals surface area contributed by atoms with Gasteiger partial charge in [0, 0.05) is 13.2 Å². The molecule has 0 aliphatic carbocycles. The molecule has 0 radical (unpaired) electrons. The number of ether oxygens (including phenoxy) is 2. The number of unbranched alkanes of at least 4 members (excludes halogenated alkanes) is 17. The van der Waals surface area contributed by atoms with E-state index in [0.29, 0.717) is 0 Å². The zero-order valence-corrected chi connectivity index (χ0v) is 25.5. The zero-order chi connectivity index (χ0) is 27.2. The topological polar surface area (TPSA) is 38.7 Å². The SMILES string of the molecule is CCCCC/C=C\C/C=C\CCCCCCCCC(O)CCCCCCCCCCCOC1CCCCO1. The van der Waals surface area contributed by atoms with Crippen molar-refractivity contribution in [3.05, 3.63) is 24.3 Å². The minimum Gasteiger partial charge on any atom is -0.393 e. The summed E-state index contributed by atoms with van der Waals surface area (Å²) in [5.74, 6) is 0. The number of allylic oxidation sites excluding steroid dienone is 4. The van der Waals surface area contributed by atoms with Gasteiger partial charge in [-0.15, -0.1) is 0 Å². The van der Waals surface area contributed by atoms with Gasteiger partial charge in [0.1, 0.15) is 0 Å². The predicted molar refractivity (Wildman–Crippen MR) is 166 cm³/mol. The van der Waals surface area contributed by atoms with Gasteiger partial charge in [0.25, 0.3) is 0 Å². The van der Waals surface area contributed by atoms with Crippen LogP contribution in [0, 0.1) is 0 Å². The van der Waals surface area contributed by atoms with E-state index < -0.39 is 0 Å². The fourth-order valence-electron chi connectivity index (χ4n) is 5.29. The summed E-state index contributed by atoms with van der Waals surface area (Å²) in [6, 6.07) is 0. The number of aliphatic hydroxyl groups is 1. The van der Waals surface area contributed by atoms with Gasteiger partial charge in [-0.1, -0.05) is 128 Å². The van der Waals surface area contributed by atoms with Crippen LogP contribution in [0.5, 0.6) is 0 Å². The molecule has 1 fully saturated rings. The first-order valence-electron chi connectivity index (χ1n) is 17.0. The van der Waals surface area contributed by atoms with Crippen LogP contribution in [0.3, 0.4) is 0 Å². The molecule has 224 valence electrons. The predicted octanol–water partition coefficient (Wildman–Crippen LogP) is 11.0. The summed E-state index contributed by atoms with van der Waals surface area (Å²) in [6.45, 7) is 4.00. The molecule has 2 atom stereocenters. The maximum absolute atomic E-state index is 10.3. The van der Waals surface area contributed by atoms with E-state index >= 15 is 0 Å². The fourth-order valence-corrected chi connectivity index (χ4v) is 5.29. The van der Waals surface area contributed by atoms with E-state index in [1.54, 1.807) is 0 Å². The van der Waals surface area contributed by atoms with Crippen molar-refractivity contribution in [1.82, 2.24) is 0 Å². The van der Waals surface area contributed by atoms with Gasteiger partial charge in [-0.2, -0.15) is 0 Å². The second kappa shape index (κ2) is 29.3. The van der Waals surface area contributed by atoms with Crippen LogP contribution in [0.15, 0.2) is 24.3 Å². The summed E-state index contributed by atoms with van der Waals surface area (Å²) in [4.78, 5) is 0. The Morgan fingerprint density at radius 3 is 1.74 bits per heavy atom. The molecule has 0 aromatic heterocycles. The largest absolute Gasteiger partial charge is 0.393 e. The Morgan fingerprint density at radius 1 is 0.658 bits per heavy atom. The van der Waals surface area contributed by atoms with Gasteiger partial charge in [0.15, 0.2) is 6.29 Å². The molecule has 0 amide bonds. The van der Waals surface area contributed by atoms with Crippen LogP contribution in [0.25, 0.3) is 0 Å². The molecule has 1 heterocycles. The quantitative estimate of drug-likeness (QED) is 0.0801. The van der Waals surface area contributed by atoms with E-state index in [-0.39, 0.29) is 12.4 Å². The third-order valence-electron chi connectivity index (χ3n) is 7.86. The van der Waals surface area contributed by atoms with Gasteiger partial charge in [0.05, 0.1) is 6.10 Å². The molecule has 0 spiro atoms. The van der Waals surface area contributed by atoms with Gasteiger partial charge in [-0.25, -0.2) is 0 Å². The van der Waals surface area contributed by atoms with Crippen molar-refractivity contribution in [1.29, 1.82) is 0 Å².